The van der Waals surface area contributed by atoms with Crippen molar-refractivity contribution in [2.75, 3.05) is 16.4 Å². The summed E-state index contributed by atoms with van der Waals surface area (Å²) in [6.07, 6.45) is 1.78. The number of para-hydroxylation sites is 2. The number of carbonyl (C=O) groups is 2. The molecule has 0 atom stereocenters. The van der Waals surface area contributed by atoms with Crippen LogP contribution in [0.25, 0.3) is 0 Å². The molecular weight excluding hydrogens is 398 g/mol. The van der Waals surface area contributed by atoms with Crippen LogP contribution in [0.5, 0.6) is 0 Å². The van der Waals surface area contributed by atoms with Gasteiger partial charge in [-0.2, -0.15) is 0 Å². The topological polar surface area (TPSA) is 88.9 Å². The normalized spacial score (nSPS) is 10.4. The summed E-state index contributed by atoms with van der Waals surface area (Å²) >= 11 is 1.27. The maximum atomic E-state index is 12.5. The molecule has 1 heterocycles. The van der Waals surface area contributed by atoms with E-state index in [2.05, 4.69) is 27.4 Å². The summed E-state index contributed by atoms with van der Waals surface area (Å²) < 4.78 is 1.80. The first-order valence-electron chi connectivity index (χ1n) is 9.43. The van der Waals surface area contributed by atoms with Crippen LogP contribution in [0.2, 0.25) is 0 Å². The van der Waals surface area contributed by atoms with Crippen molar-refractivity contribution in [3.8, 4) is 0 Å². The van der Waals surface area contributed by atoms with Crippen LogP contribution in [-0.2, 0) is 22.6 Å². The van der Waals surface area contributed by atoms with Gasteiger partial charge in [0, 0.05) is 17.9 Å². The number of benzene rings is 2. The van der Waals surface area contributed by atoms with E-state index in [1.807, 2.05) is 61.5 Å². The fourth-order valence-corrected chi connectivity index (χ4v) is 3.54. The maximum absolute atomic E-state index is 12.5. The highest BCUT2D eigenvalue weighted by Crippen LogP contribution is 2.19. The highest BCUT2D eigenvalue weighted by atomic mass is 32.2. The van der Waals surface area contributed by atoms with Gasteiger partial charge in [-0.05, 0) is 30.7 Å². The van der Waals surface area contributed by atoms with E-state index in [4.69, 9.17) is 0 Å². The highest BCUT2D eigenvalue weighted by Gasteiger charge is 2.16. The van der Waals surface area contributed by atoms with Crippen molar-refractivity contribution in [3.63, 3.8) is 0 Å². The van der Waals surface area contributed by atoms with Crippen molar-refractivity contribution >= 4 is 35.0 Å². The molecule has 3 rings (SSSR count). The van der Waals surface area contributed by atoms with E-state index >= 15 is 0 Å². The smallest absolute Gasteiger partial charge is 0.234 e. The summed E-state index contributed by atoms with van der Waals surface area (Å²) in [4.78, 5) is 24.7. The lowest BCUT2D eigenvalue weighted by molar-refractivity contribution is -0.116. The van der Waals surface area contributed by atoms with E-state index < -0.39 is 0 Å². The molecule has 7 nitrogen and oxygen atoms in total. The van der Waals surface area contributed by atoms with Crippen molar-refractivity contribution < 1.29 is 9.59 Å². The summed E-state index contributed by atoms with van der Waals surface area (Å²) in [5.74, 6) is 0.380. The number of thioether (sulfide) groups is 1. The molecule has 3 aromatic rings. The fraction of sp³-hybridized carbons (Fsp3) is 0.182. The molecule has 8 heteroatoms. The molecule has 2 N–H and O–H groups in total. The van der Waals surface area contributed by atoms with Gasteiger partial charge >= 0.3 is 0 Å². The predicted molar refractivity (Wildman–Crippen MR) is 120 cm³/mol. The number of carbonyl (C=O) groups excluding carboxylic acids is 2. The van der Waals surface area contributed by atoms with Crippen LogP contribution in [0.1, 0.15) is 11.4 Å². The molecule has 0 fully saturated rings. The number of nitrogens with zero attached hydrogens (tertiary/aromatic N) is 3. The minimum absolute atomic E-state index is 0.0753. The van der Waals surface area contributed by atoms with Crippen molar-refractivity contribution in [2.24, 2.45) is 0 Å². The largest absolute Gasteiger partial charge is 0.325 e. The van der Waals surface area contributed by atoms with Gasteiger partial charge in [-0.25, -0.2) is 0 Å². The summed E-state index contributed by atoms with van der Waals surface area (Å²) in [5, 5.41) is 14.6. The van der Waals surface area contributed by atoms with E-state index in [9.17, 15) is 9.59 Å². The number of rotatable bonds is 9. The number of hydrogen-bond acceptors (Lipinski definition) is 5. The zero-order chi connectivity index (χ0) is 21.3. The first kappa shape index (κ1) is 21.3. The summed E-state index contributed by atoms with van der Waals surface area (Å²) in [6, 6.07) is 16.8. The van der Waals surface area contributed by atoms with Crippen LogP contribution in [0.4, 0.5) is 11.4 Å². The second kappa shape index (κ2) is 10.4. The van der Waals surface area contributed by atoms with Crippen molar-refractivity contribution in [2.45, 2.75) is 25.0 Å². The molecular formula is C22H23N5O2S. The standard InChI is InChI=1S/C22H23N5O2S/c1-3-13-27-19(14-20(28)24-18-12-8-7-9-16(18)2)25-26-22(27)30-15-21(29)23-17-10-5-4-6-11-17/h3-12H,1,13-15H2,2H3,(H,23,29)(H,24,28). The molecule has 0 spiro atoms. The van der Waals surface area contributed by atoms with Gasteiger partial charge in [-0.1, -0.05) is 54.2 Å². The highest BCUT2D eigenvalue weighted by molar-refractivity contribution is 7.99. The number of aryl methyl sites for hydroxylation is 1. The molecule has 0 unspecified atom stereocenters. The fourth-order valence-electron chi connectivity index (χ4n) is 2.77. The molecule has 0 saturated heterocycles. The van der Waals surface area contributed by atoms with Gasteiger partial charge in [0.25, 0.3) is 0 Å². The minimum Gasteiger partial charge on any atom is -0.325 e. The quantitative estimate of drug-likeness (QED) is 0.406. The molecule has 0 aliphatic heterocycles. The van der Waals surface area contributed by atoms with Crippen LogP contribution < -0.4 is 10.6 Å². The first-order valence-corrected chi connectivity index (χ1v) is 10.4. The second-order valence-electron chi connectivity index (χ2n) is 6.54. The van der Waals surface area contributed by atoms with Crippen LogP contribution in [0, 0.1) is 6.92 Å². The van der Waals surface area contributed by atoms with Gasteiger partial charge in [0.2, 0.25) is 11.8 Å². The van der Waals surface area contributed by atoms with Gasteiger partial charge in [-0.3, -0.25) is 9.59 Å². The molecule has 0 bridgehead atoms. The number of amides is 2. The van der Waals surface area contributed by atoms with Crippen molar-refractivity contribution in [1.82, 2.24) is 14.8 Å². The zero-order valence-electron chi connectivity index (χ0n) is 16.7. The number of aromatic nitrogens is 3. The average molecular weight is 422 g/mol. The number of anilines is 2. The lowest BCUT2D eigenvalue weighted by Crippen LogP contribution is -2.18. The van der Waals surface area contributed by atoms with E-state index in [0.717, 1.165) is 16.9 Å². The van der Waals surface area contributed by atoms with Crippen LogP contribution in [0.3, 0.4) is 0 Å². The van der Waals surface area contributed by atoms with E-state index in [0.29, 0.717) is 17.5 Å². The first-order chi connectivity index (χ1) is 14.6. The maximum Gasteiger partial charge on any atom is 0.234 e. The van der Waals surface area contributed by atoms with Gasteiger partial charge in [0.05, 0.1) is 12.2 Å². The monoisotopic (exact) mass is 421 g/mol. The van der Waals surface area contributed by atoms with Gasteiger partial charge in [0.1, 0.15) is 5.82 Å². The van der Waals surface area contributed by atoms with Gasteiger partial charge in [-0.15, -0.1) is 16.8 Å². The SMILES string of the molecule is C=CCn1c(CC(=O)Nc2ccccc2C)nnc1SCC(=O)Nc1ccccc1. The van der Waals surface area contributed by atoms with Crippen LogP contribution in [0.15, 0.2) is 72.4 Å². The molecule has 0 aliphatic carbocycles. The summed E-state index contributed by atoms with van der Waals surface area (Å²) in [7, 11) is 0. The number of hydrogen-bond donors (Lipinski definition) is 2. The Bertz CT molecular complexity index is 1030. The molecule has 0 saturated carbocycles. The van der Waals surface area contributed by atoms with E-state index in [-0.39, 0.29) is 24.0 Å². The van der Waals surface area contributed by atoms with Crippen molar-refractivity contribution in [1.29, 1.82) is 0 Å². The third-order valence-electron chi connectivity index (χ3n) is 4.23. The van der Waals surface area contributed by atoms with E-state index in [1.165, 1.54) is 11.8 Å². The van der Waals surface area contributed by atoms with E-state index in [1.54, 1.807) is 10.6 Å². The Labute approximate surface area is 179 Å². The lowest BCUT2D eigenvalue weighted by atomic mass is 10.2. The predicted octanol–water partition coefficient (Wildman–Crippen LogP) is 3.68. The third kappa shape index (κ3) is 5.81. The Morgan fingerprint density at radius 1 is 1.03 bits per heavy atom. The molecule has 1 aromatic heterocycles. The molecule has 154 valence electrons. The Morgan fingerprint density at radius 2 is 1.77 bits per heavy atom. The molecule has 2 amide bonds. The van der Waals surface area contributed by atoms with Crippen LogP contribution in [-0.4, -0.2) is 32.3 Å². The van der Waals surface area contributed by atoms with Crippen LogP contribution >= 0.6 is 11.8 Å². The summed E-state index contributed by atoms with van der Waals surface area (Å²) in [5.41, 5.74) is 2.49. The molecule has 0 radical (unpaired) electrons. The Hall–Kier alpha value is -3.39. The third-order valence-corrected chi connectivity index (χ3v) is 5.20. The molecule has 30 heavy (non-hydrogen) atoms. The average Bonchev–Trinajstić information content (AvgIpc) is 3.10. The Balaban J connectivity index is 1.62. The minimum atomic E-state index is -0.180. The Morgan fingerprint density at radius 3 is 2.50 bits per heavy atom. The number of allylic oxidation sites excluding steroid dienone is 1. The van der Waals surface area contributed by atoms with Gasteiger partial charge < -0.3 is 15.2 Å². The number of nitrogens with one attached hydrogen (secondary N) is 2. The molecule has 2 aromatic carbocycles. The van der Waals surface area contributed by atoms with Crippen molar-refractivity contribution in [3.05, 3.63) is 78.6 Å². The zero-order valence-corrected chi connectivity index (χ0v) is 17.5. The van der Waals surface area contributed by atoms with Gasteiger partial charge in [0.15, 0.2) is 5.16 Å². The molecule has 0 aliphatic rings. The Kier molecular flexibility index (Phi) is 7.40. The summed E-state index contributed by atoms with van der Waals surface area (Å²) in [6.45, 7) is 6.14. The lowest BCUT2D eigenvalue weighted by Gasteiger charge is -2.10. The second-order valence-corrected chi connectivity index (χ2v) is 7.48.